The summed E-state index contributed by atoms with van der Waals surface area (Å²) in [7, 11) is 1.53. The Bertz CT molecular complexity index is 925. The number of hydrogen-bond acceptors (Lipinski definition) is 4. The molecular formula is C18H16Cl2N4O2. The number of amidine groups is 1. The van der Waals surface area contributed by atoms with Gasteiger partial charge in [-0.2, -0.15) is 0 Å². The van der Waals surface area contributed by atoms with Crippen LogP contribution in [0.5, 0.6) is 5.75 Å². The van der Waals surface area contributed by atoms with Crippen LogP contribution in [0.15, 0.2) is 47.6 Å². The van der Waals surface area contributed by atoms with Crippen LogP contribution in [-0.4, -0.2) is 19.0 Å². The molecule has 0 bridgehead atoms. The molecule has 0 unspecified atom stereocenters. The molecule has 26 heavy (non-hydrogen) atoms. The van der Waals surface area contributed by atoms with Crippen molar-refractivity contribution in [2.75, 3.05) is 17.7 Å². The molecule has 2 aromatic carbocycles. The second-order valence-corrected chi connectivity index (χ2v) is 6.39. The summed E-state index contributed by atoms with van der Waals surface area (Å²) >= 11 is 11.8. The molecule has 0 spiro atoms. The molecule has 0 atom stereocenters. The number of rotatable bonds is 4. The number of amides is 2. The zero-order valence-corrected chi connectivity index (χ0v) is 15.4. The van der Waals surface area contributed by atoms with E-state index in [9.17, 15) is 4.79 Å². The summed E-state index contributed by atoms with van der Waals surface area (Å²) in [5.74, 6) is 1.09. The van der Waals surface area contributed by atoms with Gasteiger partial charge < -0.3 is 21.1 Å². The lowest BCUT2D eigenvalue weighted by Gasteiger charge is -2.13. The van der Waals surface area contributed by atoms with Crippen LogP contribution in [0, 0.1) is 0 Å². The molecule has 0 saturated heterocycles. The van der Waals surface area contributed by atoms with Gasteiger partial charge >= 0.3 is 6.03 Å². The van der Waals surface area contributed by atoms with Crippen LogP contribution in [0.2, 0.25) is 10.0 Å². The van der Waals surface area contributed by atoms with E-state index in [0.717, 1.165) is 11.1 Å². The van der Waals surface area contributed by atoms with E-state index in [0.29, 0.717) is 39.4 Å². The Kier molecular flexibility index (Phi) is 5.35. The van der Waals surface area contributed by atoms with Crippen LogP contribution < -0.4 is 21.1 Å². The number of benzene rings is 2. The number of nitrogens with one attached hydrogen (secondary N) is 2. The summed E-state index contributed by atoms with van der Waals surface area (Å²) in [5.41, 5.74) is 8.63. The van der Waals surface area contributed by atoms with Gasteiger partial charge in [0.25, 0.3) is 0 Å². The zero-order chi connectivity index (χ0) is 18.7. The molecule has 2 aromatic rings. The van der Waals surface area contributed by atoms with Gasteiger partial charge in [0.1, 0.15) is 11.6 Å². The molecule has 0 radical (unpaired) electrons. The van der Waals surface area contributed by atoms with Crippen molar-refractivity contribution in [3.8, 4) is 5.75 Å². The van der Waals surface area contributed by atoms with Gasteiger partial charge in [-0.15, -0.1) is 0 Å². The van der Waals surface area contributed by atoms with Gasteiger partial charge in [0.2, 0.25) is 0 Å². The largest absolute Gasteiger partial charge is 0.495 e. The fourth-order valence-electron chi connectivity index (χ4n) is 2.49. The third-order valence-corrected chi connectivity index (χ3v) is 4.49. The summed E-state index contributed by atoms with van der Waals surface area (Å²) in [5, 5.41) is 6.24. The second kappa shape index (κ2) is 7.68. The van der Waals surface area contributed by atoms with Gasteiger partial charge in [-0.1, -0.05) is 29.3 Å². The van der Waals surface area contributed by atoms with E-state index < -0.39 is 6.03 Å². The fourth-order valence-corrected chi connectivity index (χ4v) is 2.79. The number of aliphatic imine (C=N–C) groups is 1. The number of anilines is 2. The first-order chi connectivity index (χ1) is 12.5. The molecule has 4 N–H and O–H groups in total. The normalized spacial score (nSPS) is 13.0. The molecule has 0 saturated carbocycles. The second-order valence-electron chi connectivity index (χ2n) is 5.57. The van der Waals surface area contributed by atoms with Gasteiger partial charge in [-0.05, 0) is 41.5 Å². The first-order valence-corrected chi connectivity index (χ1v) is 8.44. The number of carbonyl (C=O) groups is 1. The first-order valence-electron chi connectivity index (χ1n) is 7.69. The summed E-state index contributed by atoms with van der Waals surface area (Å²) in [6.45, 7) is 0. The molecule has 134 valence electrons. The number of urea groups is 1. The third-order valence-electron chi connectivity index (χ3n) is 3.75. The Morgan fingerprint density at radius 1 is 1.15 bits per heavy atom. The smallest absolute Gasteiger partial charge is 0.323 e. The minimum atomic E-state index is -0.435. The topological polar surface area (TPSA) is 88.7 Å². The van der Waals surface area contributed by atoms with Crippen LogP contribution in [0.4, 0.5) is 16.2 Å². The van der Waals surface area contributed by atoms with Crippen molar-refractivity contribution in [3.05, 3.63) is 58.2 Å². The zero-order valence-electron chi connectivity index (χ0n) is 13.8. The van der Waals surface area contributed by atoms with Crippen molar-refractivity contribution >= 4 is 52.0 Å². The van der Waals surface area contributed by atoms with E-state index in [1.165, 1.54) is 7.11 Å². The predicted octanol–water partition coefficient (Wildman–Crippen LogP) is 4.75. The standard InChI is InChI=1S/C18H16Cl2N4O2/c1-26-16-5-2-10(11-7-17(21)22-9-11)6-15(16)24-18(25)23-12-3-4-13(19)14(20)8-12/h2-6,8-9H,7H2,1H3,(H2,21,22)(H2,23,24,25). The minimum Gasteiger partial charge on any atom is -0.495 e. The molecule has 8 heteroatoms. The number of hydrogen-bond donors (Lipinski definition) is 3. The maximum absolute atomic E-state index is 12.3. The number of carbonyl (C=O) groups excluding carboxylic acids is 1. The van der Waals surface area contributed by atoms with Crippen LogP contribution in [0.25, 0.3) is 5.57 Å². The van der Waals surface area contributed by atoms with Crippen LogP contribution in [-0.2, 0) is 0 Å². The number of nitrogens with zero attached hydrogens (tertiary/aromatic N) is 1. The molecule has 1 aliphatic rings. The number of halogens is 2. The van der Waals surface area contributed by atoms with Crippen LogP contribution in [0.1, 0.15) is 12.0 Å². The van der Waals surface area contributed by atoms with Gasteiger partial charge in [0.05, 0.1) is 22.8 Å². The Balaban J connectivity index is 1.77. The highest BCUT2D eigenvalue weighted by molar-refractivity contribution is 6.42. The fraction of sp³-hybridized carbons (Fsp3) is 0.111. The van der Waals surface area contributed by atoms with Crippen LogP contribution >= 0.6 is 23.2 Å². The highest BCUT2D eigenvalue weighted by Crippen LogP contribution is 2.31. The Labute approximate surface area is 160 Å². The third kappa shape index (κ3) is 4.09. The maximum Gasteiger partial charge on any atom is 0.323 e. The van der Waals surface area contributed by atoms with Crippen molar-refractivity contribution in [2.24, 2.45) is 10.7 Å². The summed E-state index contributed by atoms with van der Waals surface area (Å²) < 4.78 is 5.32. The summed E-state index contributed by atoms with van der Waals surface area (Å²) in [6, 6.07) is 9.88. The highest BCUT2D eigenvalue weighted by atomic mass is 35.5. The first kappa shape index (κ1) is 18.1. The van der Waals surface area contributed by atoms with E-state index in [1.54, 1.807) is 30.5 Å². The maximum atomic E-state index is 12.3. The molecule has 1 heterocycles. The lowest BCUT2D eigenvalue weighted by molar-refractivity contribution is 0.262. The van der Waals surface area contributed by atoms with E-state index in [2.05, 4.69) is 15.6 Å². The van der Waals surface area contributed by atoms with Crippen molar-refractivity contribution in [2.45, 2.75) is 6.42 Å². The van der Waals surface area contributed by atoms with Crippen molar-refractivity contribution in [1.29, 1.82) is 0 Å². The van der Waals surface area contributed by atoms with Crippen molar-refractivity contribution in [1.82, 2.24) is 0 Å². The molecule has 1 aliphatic heterocycles. The predicted molar refractivity (Wildman–Crippen MR) is 106 cm³/mol. The summed E-state index contributed by atoms with van der Waals surface area (Å²) in [6.07, 6.45) is 2.29. The molecule has 0 aliphatic carbocycles. The van der Waals surface area contributed by atoms with E-state index in [4.69, 9.17) is 33.7 Å². The van der Waals surface area contributed by atoms with Crippen LogP contribution in [0.3, 0.4) is 0 Å². The Morgan fingerprint density at radius 3 is 2.62 bits per heavy atom. The van der Waals surface area contributed by atoms with Gasteiger partial charge in [0.15, 0.2) is 0 Å². The average Bonchev–Trinajstić information content (AvgIpc) is 3.04. The minimum absolute atomic E-state index is 0.356. The molecular weight excluding hydrogens is 375 g/mol. The summed E-state index contributed by atoms with van der Waals surface area (Å²) in [4.78, 5) is 16.4. The molecule has 2 amide bonds. The highest BCUT2D eigenvalue weighted by Gasteiger charge is 2.14. The Hall–Kier alpha value is -2.70. The lowest BCUT2D eigenvalue weighted by Crippen LogP contribution is -2.20. The number of methoxy groups -OCH3 is 1. The van der Waals surface area contributed by atoms with Gasteiger partial charge in [-0.3, -0.25) is 0 Å². The van der Waals surface area contributed by atoms with Gasteiger partial charge in [-0.25, -0.2) is 9.79 Å². The monoisotopic (exact) mass is 390 g/mol. The molecule has 6 nitrogen and oxygen atoms in total. The van der Waals surface area contributed by atoms with E-state index in [-0.39, 0.29) is 0 Å². The number of ether oxygens (including phenoxy) is 1. The number of nitrogens with two attached hydrogens (primary N) is 1. The average molecular weight is 391 g/mol. The van der Waals surface area contributed by atoms with E-state index in [1.807, 2.05) is 12.1 Å². The van der Waals surface area contributed by atoms with Crippen molar-refractivity contribution in [3.63, 3.8) is 0 Å². The quantitative estimate of drug-likeness (QED) is 0.703. The lowest BCUT2D eigenvalue weighted by atomic mass is 10.0. The molecule has 0 aromatic heterocycles. The van der Waals surface area contributed by atoms with E-state index >= 15 is 0 Å². The molecule has 0 fully saturated rings. The SMILES string of the molecule is COc1ccc(C2=CN=C(N)C2)cc1NC(=O)Nc1ccc(Cl)c(Cl)c1. The van der Waals surface area contributed by atoms with Crippen molar-refractivity contribution < 1.29 is 9.53 Å². The Morgan fingerprint density at radius 2 is 1.96 bits per heavy atom. The molecule has 3 rings (SSSR count). The van der Waals surface area contributed by atoms with Gasteiger partial charge in [0, 0.05) is 18.3 Å².